The van der Waals surface area contributed by atoms with E-state index < -0.39 is 0 Å². The molecule has 0 bridgehead atoms. The molecule has 2 aromatic rings. The molecule has 2 rings (SSSR count). The Kier molecular flexibility index (Phi) is 8.24. The monoisotopic (exact) mass is 383 g/mol. The lowest BCUT2D eigenvalue weighted by atomic mass is 9.79. The van der Waals surface area contributed by atoms with Crippen molar-refractivity contribution in [2.75, 3.05) is 38.3 Å². The Bertz CT molecular complexity index is 761. The van der Waals surface area contributed by atoms with Crippen molar-refractivity contribution in [3.05, 3.63) is 65.2 Å². The third-order valence-corrected chi connectivity index (χ3v) is 5.19. The van der Waals surface area contributed by atoms with E-state index in [1.165, 1.54) is 16.8 Å². The largest absolute Gasteiger partial charge is 0.395 e. The van der Waals surface area contributed by atoms with Crippen molar-refractivity contribution in [1.82, 2.24) is 0 Å². The fourth-order valence-corrected chi connectivity index (χ4v) is 3.52. The zero-order valence-corrected chi connectivity index (χ0v) is 17.7. The van der Waals surface area contributed by atoms with Crippen LogP contribution in [0.15, 0.2) is 48.5 Å². The summed E-state index contributed by atoms with van der Waals surface area (Å²) in [5.74, 6) is 0. The second kappa shape index (κ2) is 10.4. The molecule has 0 aliphatic rings. The molecule has 0 spiro atoms. The summed E-state index contributed by atoms with van der Waals surface area (Å²) < 4.78 is 0. The summed E-state index contributed by atoms with van der Waals surface area (Å²) in [4.78, 5) is 1.98. The van der Waals surface area contributed by atoms with E-state index in [0.717, 1.165) is 17.7 Å². The maximum Gasteiger partial charge on any atom is 0.133 e. The highest BCUT2D eigenvalue weighted by Gasteiger charge is 2.24. The average molecular weight is 384 g/mol. The number of hydrogen-bond donors (Lipinski definition) is 3. The Hall–Kier alpha value is -2.14. The molecule has 0 amide bonds. The highest BCUT2D eigenvalue weighted by molar-refractivity contribution is 5.56. The number of benzene rings is 2. The summed E-state index contributed by atoms with van der Waals surface area (Å²) in [5, 5.41) is 20.6. The smallest absolute Gasteiger partial charge is 0.133 e. The van der Waals surface area contributed by atoms with E-state index in [1.54, 1.807) is 0 Å². The van der Waals surface area contributed by atoms with Crippen LogP contribution in [0.5, 0.6) is 0 Å². The lowest BCUT2D eigenvalue weighted by Gasteiger charge is -2.25. The van der Waals surface area contributed by atoms with Gasteiger partial charge in [0.25, 0.3) is 0 Å². The molecule has 0 heterocycles. The highest BCUT2D eigenvalue weighted by Crippen LogP contribution is 2.32. The Morgan fingerprint density at radius 1 is 1.00 bits per heavy atom. The van der Waals surface area contributed by atoms with E-state index in [1.807, 2.05) is 17.0 Å². The van der Waals surface area contributed by atoms with Crippen molar-refractivity contribution >= 4 is 17.5 Å². The molecule has 0 saturated carbocycles. The molecule has 2 aromatic carbocycles. The Balaban J connectivity index is 2.08. The van der Waals surface area contributed by atoms with Gasteiger partial charge in [0, 0.05) is 24.3 Å². The van der Waals surface area contributed by atoms with Gasteiger partial charge in [0.1, 0.15) is 5.69 Å². The van der Waals surface area contributed by atoms with Crippen LogP contribution in [0.4, 0.5) is 11.4 Å². The fraction of sp³-hybridized carbons (Fsp3) is 0.417. The number of hydrogen-bond acceptors (Lipinski definition) is 3. The minimum atomic E-state index is 0.0589. The molecule has 0 aliphatic heterocycles. The zero-order valence-electron chi connectivity index (χ0n) is 17.7. The van der Waals surface area contributed by atoms with Crippen LogP contribution in [0.2, 0.25) is 0 Å². The zero-order chi connectivity index (χ0) is 20.6. The average Bonchev–Trinajstić information content (AvgIpc) is 2.68. The van der Waals surface area contributed by atoms with Crippen LogP contribution in [0.3, 0.4) is 0 Å². The molecule has 4 heteroatoms. The first-order chi connectivity index (χ1) is 13.4. The van der Waals surface area contributed by atoms with Gasteiger partial charge in [-0.15, -0.1) is 0 Å². The molecule has 0 unspecified atom stereocenters. The van der Waals surface area contributed by atoms with E-state index in [4.69, 9.17) is 0 Å². The van der Waals surface area contributed by atoms with E-state index in [-0.39, 0.29) is 18.6 Å². The van der Waals surface area contributed by atoms with Gasteiger partial charge in [-0.1, -0.05) is 49.8 Å². The first-order valence-electron chi connectivity index (χ1n) is 10.0. The van der Waals surface area contributed by atoms with Crippen LogP contribution in [0.1, 0.15) is 37.0 Å². The predicted octanol–water partition coefficient (Wildman–Crippen LogP) is 2.99. The first-order valence-corrected chi connectivity index (χ1v) is 10.0. The van der Waals surface area contributed by atoms with E-state index >= 15 is 0 Å². The van der Waals surface area contributed by atoms with Crippen molar-refractivity contribution in [2.24, 2.45) is 0 Å². The second-order valence-electron chi connectivity index (χ2n) is 7.90. The lowest BCUT2D eigenvalue weighted by molar-refractivity contribution is -0.540. The third kappa shape index (κ3) is 5.93. The van der Waals surface area contributed by atoms with E-state index in [2.05, 4.69) is 75.6 Å². The molecule has 0 aliphatic carbocycles. The number of anilines is 1. The second-order valence-corrected chi connectivity index (χ2v) is 7.90. The van der Waals surface area contributed by atoms with Gasteiger partial charge in [0.2, 0.25) is 0 Å². The molecular weight excluding hydrogens is 348 g/mol. The molecular formula is C24H35N2O2+. The van der Waals surface area contributed by atoms with E-state index in [0.29, 0.717) is 13.1 Å². The van der Waals surface area contributed by atoms with Gasteiger partial charge in [-0.05, 0) is 48.6 Å². The number of rotatable bonds is 10. The van der Waals surface area contributed by atoms with Crippen LogP contribution < -0.4 is 10.2 Å². The summed E-state index contributed by atoms with van der Waals surface area (Å²) in [7, 11) is 2.10. The maximum atomic E-state index is 9.18. The molecule has 0 radical (unpaired) electrons. The number of nitrogens with two attached hydrogens (primary N) is 1. The van der Waals surface area contributed by atoms with Gasteiger partial charge in [-0.25, -0.2) is 0 Å². The molecule has 0 saturated heterocycles. The van der Waals surface area contributed by atoms with Crippen molar-refractivity contribution in [3.63, 3.8) is 0 Å². The van der Waals surface area contributed by atoms with Crippen LogP contribution in [-0.2, 0) is 5.41 Å². The van der Waals surface area contributed by atoms with Crippen LogP contribution >= 0.6 is 0 Å². The molecule has 152 valence electrons. The molecule has 0 aromatic heterocycles. The summed E-state index contributed by atoms with van der Waals surface area (Å²) in [6.45, 7) is 7.94. The number of aliphatic hydroxyl groups is 2. The van der Waals surface area contributed by atoms with E-state index in [9.17, 15) is 10.2 Å². The summed E-state index contributed by atoms with van der Waals surface area (Å²) in [6.07, 6.45) is 5.37. The van der Waals surface area contributed by atoms with Gasteiger partial charge >= 0.3 is 0 Å². The SMILES string of the molecule is C[NH2+]c1ccc(C)cc1C(C)(C)C/C=C/c1ccc(N(CCO)CCO)cc1. The normalized spacial score (nSPS) is 11.9. The van der Waals surface area contributed by atoms with Gasteiger partial charge in [-0.2, -0.15) is 0 Å². The molecule has 28 heavy (non-hydrogen) atoms. The quantitative estimate of drug-likeness (QED) is 0.553. The van der Waals surface area contributed by atoms with Crippen LogP contribution in [0, 0.1) is 6.92 Å². The Labute approximate surface area is 169 Å². The number of aliphatic hydroxyl groups excluding tert-OH is 2. The fourth-order valence-electron chi connectivity index (χ4n) is 3.52. The summed E-state index contributed by atoms with van der Waals surface area (Å²) in [5.41, 5.74) is 6.22. The molecule has 4 nitrogen and oxygen atoms in total. The van der Waals surface area contributed by atoms with Crippen molar-refractivity contribution in [1.29, 1.82) is 0 Å². The minimum Gasteiger partial charge on any atom is -0.395 e. The minimum absolute atomic E-state index is 0.0589. The third-order valence-electron chi connectivity index (χ3n) is 5.19. The molecule has 4 N–H and O–H groups in total. The Morgan fingerprint density at radius 3 is 2.21 bits per heavy atom. The summed E-state index contributed by atoms with van der Waals surface area (Å²) in [6, 6.07) is 14.9. The Morgan fingerprint density at radius 2 is 1.64 bits per heavy atom. The highest BCUT2D eigenvalue weighted by atomic mass is 16.3. The topological polar surface area (TPSA) is 60.3 Å². The number of nitrogens with zero attached hydrogens (tertiary/aromatic N) is 1. The van der Waals surface area contributed by atoms with Gasteiger partial charge < -0.3 is 20.4 Å². The van der Waals surface area contributed by atoms with Crippen LogP contribution in [-0.4, -0.2) is 43.6 Å². The molecule has 0 atom stereocenters. The van der Waals surface area contributed by atoms with Gasteiger partial charge in [0.15, 0.2) is 0 Å². The van der Waals surface area contributed by atoms with Crippen molar-refractivity contribution in [2.45, 2.75) is 32.6 Å². The van der Waals surface area contributed by atoms with Crippen molar-refractivity contribution in [3.8, 4) is 0 Å². The van der Waals surface area contributed by atoms with Gasteiger partial charge in [0.05, 0.1) is 20.3 Å². The molecule has 0 fully saturated rings. The first kappa shape index (κ1) is 22.2. The lowest BCUT2D eigenvalue weighted by Crippen LogP contribution is -2.73. The van der Waals surface area contributed by atoms with Gasteiger partial charge in [-0.3, -0.25) is 0 Å². The predicted molar refractivity (Wildman–Crippen MR) is 118 cm³/mol. The number of quaternary nitrogens is 1. The van der Waals surface area contributed by atoms with Crippen LogP contribution in [0.25, 0.3) is 6.08 Å². The number of aryl methyl sites for hydroxylation is 1. The standard InChI is InChI=1S/C24H34N2O2/c1-19-7-12-23(25-4)22(18-19)24(2,3)13-5-6-20-8-10-21(11-9-20)26(14-16-27)15-17-28/h5-12,18,25,27-28H,13-17H2,1-4H3/p+1/b6-5+. The maximum absolute atomic E-state index is 9.18. The van der Waals surface area contributed by atoms with Crippen molar-refractivity contribution < 1.29 is 15.5 Å². The number of allylic oxidation sites excluding steroid dienone is 1. The summed E-state index contributed by atoms with van der Waals surface area (Å²) >= 11 is 0.